The number of aromatic nitrogens is 4. The molecule has 1 N–H and O–H groups in total. The predicted octanol–water partition coefficient (Wildman–Crippen LogP) is 2.25. The number of rotatable bonds is 2. The van der Waals surface area contributed by atoms with E-state index in [9.17, 15) is 9.59 Å². The maximum atomic E-state index is 13.0. The van der Waals surface area contributed by atoms with Crippen molar-refractivity contribution in [2.45, 2.75) is 30.5 Å². The molecule has 1 saturated heterocycles. The molecule has 2 aliphatic heterocycles. The van der Waals surface area contributed by atoms with Crippen LogP contribution in [0.2, 0.25) is 0 Å². The van der Waals surface area contributed by atoms with Crippen LogP contribution in [0, 0.1) is 0 Å². The molecular formula is C19H19N5O2S. The molecule has 27 heavy (non-hydrogen) atoms. The Labute approximate surface area is 159 Å². The van der Waals surface area contributed by atoms with Gasteiger partial charge in [0.2, 0.25) is 0 Å². The van der Waals surface area contributed by atoms with E-state index in [2.05, 4.69) is 9.97 Å². The van der Waals surface area contributed by atoms with E-state index >= 15 is 0 Å². The second-order valence-electron chi connectivity index (χ2n) is 6.99. The number of piperidine rings is 1. The average molecular weight is 381 g/mol. The van der Waals surface area contributed by atoms with Gasteiger partial charge in [-0.3, -0.25) is 14.2 Å². The first kappa shape index (κ1) is 16.6. The number of aromatic amines is 1. The maximum absolute atomic E-state index is 13.0. The van der Waals surface area contributed by atoms with E-state index < -0.39 is 0 Å². The summed E-state index contributed by atoms with van der Waals surface area (Å²) in [7, 11) is 0. The zero-order chi connectivity index (χ0) is 18.4. The molecule has 0 unspecified atom stereocenters. The summed E-state index contributed by atoms with van der Waals surface area (Å²) in [6.07, 6.45) is 3.31. The average Bonchev–Trinajstić information content (AvgIpc) is 3.35. The van der Waals surface area contributed by atoms with Crippen molar-refractivity contribution < 1.29 is 4.79 Å². The fourth-order valence-corrected chi connectivity index (χ4v) is 4.80. The highest BCUT2D eigenvalue weighted by Crippen LogP contribution is 2.27. The molecule has 138 valence electrons. The summed E-state index contributed by atoms with van der Waals surface area (Å²) in [6, 6.07) is 7.94. The van der Waals surface area contributed by atoms with Gasteiger partial charge in [-0.25, -0.2) is 9.97 Å². The van der Waals surface area contributed by atoms with Gasteiger partial charge in [0.25, 0.3) is 11.5 Å². The van der Waals surface area contributed by atoms with Gasteiger partial charge < -0.3 is 9.88 Å². The smallest absolute Gasteiger partial charge is 0.267 e. The molecule has 2 aliphatic rings. The molecule has 1 aromatic carbocycles. The number of nitrogens with one attached hydrogen (secondary N) is 1. The number of hydrogen-bond acceptors (Lipinski definition) is 5. The molecule has 0 aliphatic carbocycles. The van der Waals surface area contributed by atoms with Crippen molar-refractivity contribution in [2.24, 2.45) is 0 Å². The van der Waals surface area contributed by atoms with Crippen LogP contribution in [0.1, 0.15) is 34.9 Å². The van der Waals surface area contributed by atoms with Gasteiger partial charge in [0, 0.05) is 37.5 Å². The van der Waals surface area contributed by atoms with Crippen molar-refractivity contribution in [3.63, 3.8) is 0 Å². The van der Waals surface area contributed by atoms with Gasteiger partial charge in [-0.15, -0.1) is 0 Å². The van der Waals surface area contributed by atoms with E-state index in [-0.39, 0.29) is 22.9 Å². The third kappa shape index (κ3) is 2.84. The fraction of sp³-hybridized carbons (Fsp3) is 0.368. The highest BCUT2D eigenvalue weighted by atomic mass is 32.2. The second-order valence-corrected chi connectivity index (χ2v) is 8.05. The molecule has 3 aromatic rings. The lowest BCUT2D eigenvalue weighted by molar-refractivity contribution is 0.0701. The van der Waals surface area contributed by atoms with Crippen molar-refractivity contribution >= 4 is 28.7 Å². The molecular weight excluding hydrogens is 362 g/mol. The van der Waals surface area contributed by atoms with Gasteiger partial charge in [0.15, 0.2) is 5.16 Å². The molecule has 0 saturated carbocycles. The van der Waals surface area contributed by atoms with E-state index in [1.54, 1.807) is 21.2 Å². The van der Waals surface area contributed by atoms with Crippen LogP contribution in [0.3, 0.4) is 0 Å². The number of fused-ring (bicyclic) bond motifs is 2. The van der Waals surface area contributed by atoms with Crippen LogP contribution in [-0.2, 0) is 6.54 Å². The Kier molecular flexibility index (Phi) is 4.00. The van der Waals surface area contributed by atoms with E-state index in [1.807, 2.05) is 24.3 Å². The van der Waals surface area contributed by atoms with E-state index in [4.69, 9.17) is 4.98 Å². The number of likely N-dealkylation sites (tertiary alicyclic amines) is 1. The minimum atomic E-state index is -0.222. The molecule has 1 amide bonds. The van der Waals surface area contributed by atoms with Gasteiger partial charge >= 0.3 is 0 Å². The van der Waals surface area contributed by atoms with Crippen molar-refractivity contribution in [1.82, 2.24) is 24.4 Å². The Morgan fingerprint density at radius 1 is 1.26 bits per heavy atom. The fourth-order valence-electron chi connectivity index (χ4n) is 3.89. The third-order valence-corrected chi connectivity index (χ3v) is 6.26. The van der Waals surface area contributed by atoms with Crippen LogP contribution in [0.5, 0.6) is 0 Å². The zero-order valence-electron chi connectivity index (χ0n) is 14.7. The number of hydrogen-bond donors (Lipinski definition) is 1. The molecule has 1 fully saturated rings. The number of amides is 1. The van der Waals surface area contributed by atoms with Crippen molar-refractivity contribution in [3.05, 3.63) is 52.2 Å². The standard InChI is InChI=1S/C19H19N5O2S/c25-17(13-10-20-19-24(18(13)26)8-9-27-19)23-7-3-4-12(11-23)16-21-14-5-1-2-6-15(14)22-16/h1-2,5-6,10,12H,3-4,7-9,11H2,(H,21,22)/t12-/m0/s1. The number of para-hydroxylation sites is 2. The molecule has 0 bridgehead atoms. The normalized spacial score (nSPS) is 19.4. The highest BCUT2D eigenvalue weighted by molar-refractivity contribution is 7.99. The number of benzene rings is 1. The predicted molar refractivity (Wildman–Crippen MR) is 103 cm³/mol. The number of H-pyrrole nitrogens is 1. The summed E-state index contributed by atoms with van der Waals surface area (Å²) < 4.78 is 1.61. The monoisotopic (exact) mass is 381 g/mol. The van der Waals surface area contributed by atoms with Crippen molar-refractivity contribution in [2.75, 3.05) is 18.8 Å². The highest BCUT2D eigenvalue weighted by Gasteiger charge is 2.30. The van der Waals surface area contributed by atoms with Crippen LogP contribution < -0.4 is 5.56 Å². The Morgan fingerprint density at radius 2 is 2.15 bits per heavy atom. The van der Waals surface area contributed by atoms with E-state index in [0.717, 1.165) is 35.5 Å². The SMILES string of the molecule is O=C(c1cnc2n(c1=O)CCS2)N1CCC[C@H](c2nc3ccccc3[nH]2)C1. The Hall–Kier alpha value is -2.61. The lowest BCUT2D eigenvalue weighted by Crippen LogP contribution is -2.42. The summed E-state index contributed by atoms with van der Waals surface area (Å²) in [5.41, 5.74) is 1.90. The van der Waals surface area contributed by atoms with Crippen molar-refractivity contribution in [3.8, 4) is 0 Å². The number of imidazole rings is 1. The van der Waals surface area contributed by atoms with Gasteiger partial charge in [-0.05, 0) is 25.0 Å². The summed E-state index contributed by atoms with van der Waals surface area (Å²) in [5.74, 6) is 1.67. The molecule has 0 radical (unpaired) electrons. The van der Waals surface area contributed by atoms with Crippen LogP contribution in [0.15, 0.2) is 40.4 Å². The quantitative estimate of drug-likeness (QED) is 0.689. The summed E-state index contributed by atoms with van der Waals surface area (Å²) in [6.45, 7) is 1.84. The lowest BCUT2D eigenvalue weighted by Gasteiger charge is -2.31. The first-order chi connectivity index (χ1) is 13.2. The molecule has 4 heterocycles. The van der Waals surface area contributed by atoms with E-state index in [1.165, 1.54) is 6.20 Å². The van der Waals surface area contributed by atoms with Crippen LogP contribution >= 0.6 is 11.8 Å². The zero-order valence-corrected chi connectivity index (χ0v) is 15.5. The third-order valence-electron chi connectivity index (χ3n) is 5.29. The molecule has 8 heteroatoms. The number of carbonyl (C=O) groups excluding carboxylic acids is 1. The van der Waals surface area contributed by atoms with Gasteiger partial charge in [0.05, 0.1) is 11.0 Å². The lowest BCUT2D eigenvalue weighted by atomic mass is 9.97. The number of nitrogens with zero attached hydrogens (tertiary/aromatic N) is 4. The first-order valence-electron chi connectivity index (χ1n) is 9.17. The molecule has 1 atom stereocenters. The number of carbonyl (C=O) groups is 1. The second kappa shape index (κ2) is 6.53. The molecule has 2 aromatic heterocycles. The molecule has 5 rings (SSSR count). The van der Waals surface area contributed by atoms with Crippen LogP contribution in [0.25, 0.3) is 11.0 Å². The van der Waals surface area contributed by atoms with Crippen molar-refractivity contribution in [1.29, 1.82) is 0 Å². The summed E-state index contributed by atoms with van der Waals surface area (Å²) >= 11 is 1.55. The number of thioether (sulfide) groups is 1. The Bertz CT molecular complexity index is 1060. The topological polar surface area (TPSA) is 83.9 Å². The summed E-state index contributed by atoms with van der Waals surface area (Å²) in [5, 5.41) is 0.704. The Balaban J connectivity index is 1.41. The van der Waals surface area contributed by atoms with Gasteiger partial charge in [-0.2, -0.15) is 0 Å². The van der Waals surface area contributed by atoms with Gasteiger partial charge in [0.1, 0.15) is 11.4 Å². The summed E-state index contributed by atoms with van der Waals surface area (Å²) in [4.78, 5) is 39.8. The molecule has 7 nitrogen and oxygen atoms in total. The van der Waals surface area contributed by atoms with Gasteiger partial charge in [-0.1, -0.05) is 23.9 Å². The first-order valence-corrected chi connectivity index (χ1v) is 10.2. The van der Waals surface area contributed by atoms with Crippen LogP contribution in [0.4, 0.5) is 0 Å². The minimum absolute atomic E-state index is 0.149. The van der Waals surface area contributed by atoms with E-state index in [0.29, 0.717) is 24.8 Å². The largest absolute Gasteiger partial charge is 0.342 e. The Morgan fingerprint density at radius 3 is 3.04 bits per heavy atom. The van der Waals surface area contributed by atoms with Crippen LogP contribution in [-0.4, -0.2) is 49.2 Å². The molecule has 0 spiro atoms. The minimum Gasteiger partial charge on any atom is -0.342 e. The maximum Gasteiger partial charge on any atom is 0.267 e.